The Morgan fingerprint density at radius 3 is 2.37 bits per heavy atom. The molecule has 0 unspecified atom stereocenters. The summed E-state index contributed by atoms with van der Waals surface area (Å²) < 4.78 is 32.2. The molecule has 3 aromatic rings. The maximum Gasteiger partial charge on any atom is 0.243 e. The van der Waals surface area contributed by atoms with Gasteiger partial charge in [0, 0.05) is 31.7 Å². The van der Waals surface area contributed by atoms with Gasteiger partial charge in [-0.1, -0.05) is 42.5 Å². The molecule has 196 valence electrons. The molecule has 3 aromatic carbocycles. The first-order chi connectivity index (χ1) is 18.5. The van der Waals surface area contributed by atoms with Gasteiger partial charge < -0.3 is 10.1 Å². The average molecular weight is 549 g/mol. The smallest absolute Gasteiger partial charge is 0.243 e. The van der Waals surface area contributed by atoms with E-state index in [4.69, 9.17) is 22.1 Å². The van der Waals surface area contributed by atoms with Crippen molar-refractivity contribution in [2.24, 2.45) is 10.2 Å². The van der Waals surface area contributed by atoms with E-state index in [1.165, 1.54) is 4.31 Å². The third-order valence-electron chi connectivity index (χ3n) is 6.20. The molecule has 1 saturated heterocycles. The fourth-order valence-corrected chi connectivity index (χ4v) is 5.76. The van der Waals surface area contributed by atoms with Gasteiger partial charge >= 0.3 is 0 Å². The minimum absolute atomic E-state index is 0.237. The summed E-state index contributed by atoms with van der Waals surface area (Å²) in [6, 6.07) is 24.7. The number of hydrazone groups is 2. The lowest BCUT2D eigenvalue weighted by Crippen LogP contribution is -2.40. The molecular weight excluding hydrogens is 520 g/mol. The monoisotopic (exact) mass is 548 g/mol. The van der Waals surface area contributed by atoms with Gasteiger partial charge in [-0.15, -0.1) is 0 Å². The molecule has 1 fully saturated rings. The number of thiocarbonyl (C=S) groups is 1. The summed E-state index contributed by atoms with van der Waals surface area (Å²) in [7, 11) is -3.53. The Hall–Kier alpha value is -3.64. The van der Waals surface area contributed by atoms with E-state index in [1.54, 1.807) is 30.5 Å². The SMILES string of the molecule is O=S(=O)(c1ccc(NC(=S)NN=Cc2ccc(N3CCC(c4ccccc4)=N3)cc2)cc1)N1CCOCC1. The zero-order chi connectivity index (χ0) is 26.4. The van der Waals surface area contributed by atoms with E-state index < -0.39 is 10.0 Å². The van der Waals surface area contributed by atoms with Crippen molar-refractivity contribution in [2.75, 3.05) is 43.2 Å². The van der Waals surface area contributed by atoms with Gasteiger partial charge in [-0.25, -0.2) is 8.42 Å². The molecule has 2 aliphatic rings. The molecule has 0 saturated carbocycles. The van der Waals surface area contributed by atoms with Crippen molar-refractivity contribution in [1.82, 2.24) is 9.73 Å². The summed E-state index contributed by atoms with van der Waals surface area (Å²) in [5, 5.41) is 14.3. The predicted molar refractivity (Wildman–Crippen MR) is 154 cm³/mol. The van der Waals surface area contributed by atoms with Crippen LogP contribution in [0.5, 0.6) is 0 Å². The molecule has 0 bridgehead atoms. The van der Waals surface area contributed by atoms with Crippen LogP contribution in [0.4, 0.5) is 11.4 Å². The lowest BCUT2D eigenvalue weighted by Gasteiger charge is -2.26. The van der Waals surface area contributed by atoms with Crippen LogP contribution in [0.3, 0.4) is 0 Å². The number of nitrogens with zero attached hydrogens (tertiary/aromatic N) is 4. The van der Waals surface area contributed by atoms with Crippen molar-refractivity contribution >= 4 is 50.7 Å². The molecule has 2 N–H and O–H groups in total. The van der Waals surface area contributed by atoms with Crippen molar-refractivity contribution in [3.8, 4) is 0 Å². The van der Waals surface area contributed by atoms with E-state index in [0.717, 1.165) is 35.5 Å². The number of sulfonamides is 1. The Bertz CT molecular complexity index is 1420. The van der Waals surface area contributed by atoms with Crippen molar-refractivity contribution < 1.29 is 13.2 Å². The molecule has 2 aliphatic heterocycles. The Morgan fingerprint density at radius 2 is 1.66 bits per heavy atom. The highest BCUT2D eigenvalue weighted by Crippen LogP contribution is 2.22. The number of anilines is 2. The largest absolute Gasteiger partial charge is 0.379 e. The van der Waals surface area contributed by atoms with Crippen molar-refractivity contribution in [1.29, 1.82) is 0 Å². The molecule has 2 heterocycles. The number of hydrogen-bond donors (Lipinski definition) is 2. The second kappa shape index (κ2) is 11.8. The predicted octanol–water partition coefficient (Wildman–Crippen LogP) is 3.64. The summed E-state index contributed by atoms with van der Waals surface area (Å²) in [6.45, 7) is 2.38. The molecule has 0 aliphatic carbocycles. The van der Waals surface area contributed by atoms with Gasteiger partial charge in [0.15, 0.2) is 5.11 Å². The third kappa shape index (κ3) is 6.25. The lowest BCUT2D eigenvalue weighted by molar-refractivity contribution is 0.0730. The first-order valence-corrected chi connectivity index (χ1v) is 14.1. The molecule has 0 aromatic heterocycles. The molecular formula is C27H28N6O3S2. The van der Waals surface area contributed by atoms with E-state index in [-0.39, 0.29) is 4.90 Å². The van der Waals surface area contributed by atoms with E-state index >= 15 is 0 Å². The second-order valence-electron chi connectivity index (χ2n) is 8.74. The van der Waals surface area contributed by atoms with Gasteiger partial charge in [-0.2, -0.15) is 14.5 Å². The van der Waals surface area contributed by atoms with Gasteiger partial charge in [0.1, 0.15) is 0 Å². The number of nitrogens with one attached hydrogen (secondary N) is 2. The summed E-state index contributed by atoms with van der Waals surface area (Å²) in [5.41, 5.74) is 7.63. The molecule has 0 atom stereocenters. The van der Waals surface area contributed by atoms with E-state index in [9.17, 15) is 8.42 Å². The maximum absolute atomic E-state index is 12.7. The maximum atomic E-state index is 12.7. The van der Waals surface area contributed by atoms with Gasteiger partial charge in [0.25, 0.3) is 0 Å². The van der Waals surface area contributed by atoms with Gasteiger partial charge in [-0.3, -0.25) is 10.4 Å². The Morgan fingerprint density at radius 1 is 0.947 bits per heavy atom. The van der Waals surface area contributed by atoms with Crippen LogP contribution in [-0.4, -0.2) is 62.6 Å². The van der Waals surface area contributed by atoms with Crippen LogP contribution in [0.15, 0.2) is 94.0 Å². The van der Waals surface area contributed by atoms with E-state index in [1.807, 2.05) is 47.5 Å². The lowest BCUT2D eigenvalue weighted by atomic mass is 10.1. The molecule has 5 rings (SSSR count). The number of benzene rings is 3. The van der Waals surface area contributed by atoms with E-state index in [0.29, 0.717) is 37.1 Å². The summed E-state index contributed by atoms with van der Waals surface area (Å²) >= 11 is 5.31. The number of morpholine rings is 1. The highest BCUT2D eigenvalue weighted by molar-refractivity contribution is 7.89. The quantitative estimate of drug-likeness (QED) is 0.264. The van der Waals surface area contributed by atoms with Crippen molar-refractivity contribution in [3.63, 3.8) is 0 Å². The minimum atomic E-state index is -3.53. The van der Waals surface area contributed by atoms with Crippen LogP contribution in [-0.2, 0) is 14.8 Å². The van der Waals surface area contributed by atoms with E-state index in [2.05, 4.69) is 28.0 Å². The number of rotatable bonds is 7. The third-order valence-corrected chi connectivity index (χ3v) is 8.31. The van der Waals surface area contributed by atoms with Crippen LogP contribution in [0.2, 0.25) is 0 Å². The fraction of sp³-hybridized carbons (Fsp3) is 0.222. The number of ether oxygens (including phenoxy) is 1. The van der Waals surface area contributed by atoms with Crippen LogP contribution < -0.4 is 15.8 Å². The van der Waals surface area contributed by atoms with Crippen LogP contribution in [0.25, 0.3) is 0 Å². The van der Waals surface area contributed by atoms with Crippen LogP contribution in [0.1, 0.15) is 17.5 Å². The first-order valence-electron chi connectivity index (χ1n) is 12.3. The highest BCUT2D eigenvalue weighted by atomic mass is 32.2. The van der Waals surface area contributed by atoms with Crippen molar-refractivity contribution in [3.05, 3.63) is 90.0 Å². The number of hydrogen-bond acceptors (Lipinski definition) is 7. The Labute approximate surface area is 227 Å². The molecule has 0 radical (unpaired) electrons. The zero-order valence-corrected chi connectivity index (χ0v) is 22.3. The molecule has 0 amide bonds. The highest BCUT2D eigenvalue weighted by Gasteiger charge is 2.26. The van der Waals surface area contributed by atoms with Gasteiger partial charge in [0.2, 0.25) is 10.0 Å². The molecule has 38 heavy (non-hydrogen) atoms. The average Bonchev–Trinajstić information content (AvgIpc) is 3.45. The fourth-order valence-electron chi connectivity index (χ4n) is 4.18. The standard InChI is InChI=1S/C27H28N6O3S2/c34-38(35,32-16-18-36-19-17-32)25-12-8-23(9-13-25)29-27(37)30-28-20-21-6-10-24(11-7-21)33-15-14-26(31-33)22-4-2-1-3-5-22/h1-13,20H,14-19H2,(H2,29,30,37). The topological polar surface area (TPSA) is 98.6 Å². The minimum Gasteiger partial charge on any atom is -0.379 e. The first kappa shape index (κ1) is 26.0. The normalized spacial score (nSPS) is 16.4. The van der Waals surface area contributed by atoms with Crippen molar-refractivity contribution in [2.45, 2.75) is 11.3 Å². The Balaban J connectivity index is 1.12. The van der Waals surface area contributed by atoms with Crippen LogP contribution in [0, 0.1) is 0 Å². The Kier molecular flexibility index (Phi) is 8.08. The summed E-state index contributed by atoms with van der Waals surface area (Å²) in [4.78, 5) is 0.237. The molecule has 11 heteroatoms. The zero-order valence-electron chi connectivity index (χ0n) is 20.7. The van der Waals surface area contributed by atoms with Gasteiger partial charge in [0.05, 0.1) is 35.7 Å². The molecule has 9 nitrogen and oxygen atoms in total. The molecule has 0 spiro atoms. The second-order valence-corrected chi connectivity index (χ2v) is 11.1. The summed E-state index contributed by atoms with van der Waals surface area (Å²) in [6.07, 6.45) is 2.59. The van der Waals surface area contributed by atoms with Gasteiger partial charge in [-0.05, 0) is 59.7 Å². The van der Waals surface area contributed by atoms with Crippen LogP contribution >= 0.6 is 12.2 Å². The summed E-state index contributed by atoms with van der Waals surface area (Å²) in [5.74, 6) is 0.